The lowest BCUT2D eigenvalue weighted by atomic mass is 10.2. The first-order chi connectivity index (χ1) is 7.17. The molecule has 0 fully saturated rings. The summed E-state index contributed by atoms with van der Waals surface area (Å²) < 4.78 is 13.7. The Kier molecular flexibility index (Phi) is 5.58. The molecule has 84 valence electrons. The van der Waals surface area contributed by atoms with Crippen molar-refractivity contribution >= 4 is 27.5 Å². The zero-order chi connectivity index (χ0) is 11.3. The normalized spacial score (nSPS) is 11.0. The van der Waals surface area contributed by atoms with Crippen LogP contribution in [0, 0.1) is 5.82 Å². The second kappa shape index (κ2) is 6.46. The first-order valence-corrected chi connectivity index (χ1v) is 6.22. The van der Waals surface area contributed by atoms with E-state index in [1.54, 1.807) is 6.07 Å². The van der Waals surface area contributed by atoms with E-state index in [1.807, 2.05) is 0 Å². The molecule has 1 nitrogen and oxygen atoms in total. The maximum Gasteiger partial charge on any atom is 0.124 e. The zero-order valence-electron chi connectivity index (χ0n) is 8.64. The van der Waals surface area contributed by atoms with E-state index in [0.717, 1.165) is 29.7 Å². The van der Waals surface area contributed by atoms with Crippen LogP contribution in [-0.4, -0.2) is 23.9 Å². The van der Waals surface area contributed by atoms with Gasteiger partial charge in [-0.25, -0.2) is 4.39 Å². The van der Waals surface area contributed by atoms with Gasteiger partial charge in [-0.3, -0.25) is 4.90 Å². The van der Waals surface area contributed by atoms with Crippen molar-refractivity contribution in [2.75, 3.05) is 19.0 Å². The van der Waals surface area contributed by atoms with Crippen molar-refractivity contribution in [3.8, 4) is 0 Å². The molecule has 0 unspecified atom stereocenters. The quantitative estimate of drug-likeness (QED) is 0.749. The summed E-state index contributed by atoms with van der Waals surface area (Å²) in [6.07, 6.45) is 0. The summed E-state index contributed by atoms with van der Waals surface area (Å²) in [7, 11) is 0. The lowest BCUT2D eigenvalue weighted by molar-refractivity contribution is 0.297. The third-order valence-corrected chi connectivity index (χ3v) is 3.16. The predicted molar refractivity (Wildman–Crippen MR) is 65.8 cm³/mol. The van der Waals surface area contributed by atoms with Gasteiger partial charge in [-0.05, 0) is 24.2 Å². The minimum absolute atomic E-state index is 0.217. The number of hydrogen-bond acceptors (Lipinski definition) is 1. The minimum Gasteiger partial charge on any atom is -0.298 e. The van der Waals surface area contributed by atoms with Crippen LogP contribution in [-0.2, 0) is 6.54 Å². The van der Waals surface area contributed by atoms with Crippen molar-refractivity contribution in [3.63, 3.8) is 0 Å². The zero-order valence-corrected chi connectivity index (χ0v) is 11.0. The first kappa shape index (κ1) is 12.9. The van der Waals surface area contributed by atoms with Crippen LogP contribution in [0.1, 0.15) is 12.5 Å². The van der Waals surface area contributed by atoms with Gasteiger partial charge in [-0.15, -0.1) is 11.6 Å². The topological polar surface area (TPSA) is 3.24 Å². The molecule has 0 N–H and O–H groups in total. The summed E-state index contributed by atoms with van der Waals surface area (Å²) in [5.41, 5.74) is 1.09. The van der Waals surface area contributed by atoms with Crippen molar-refractivity contribution in [1.29, 1.82) is 0 Å². The van der Waals surface area contributed by atoms with Crippen LogP contribution in [0.15, 0.2) is 22.7 Å². The van der Waals surface area contributed by atoms with Crippen molar-refractivity contribution < 1.29 is 4.39 Å². The average molecular weight is 295 g/mol. The molecule has 0 amide bonds. The van der Waals surface area contributed by atoms with Gasteiger partial charge >= 0.3 is 0 Å². The standard InChI is InChI=1S/C11H14BrClFN/c1-2-15(6-5-13)8-9-3-4-10(14)7-11(9)12/h3-4,7H,2,5-6,8H2,1H3. The van der Waals surface area contributed by atoms with Crippen LogP contribution in [0.3, 0.4) is 0 Å². The molecule has 4 heteroatoms. The molecule has 1 rings (SSSR count). The molecule has 0 saturated heterocycles. The summed E-state index contributed by atoms with van der Waals surface area (Å²) in [5, 5.41) is 0. The van der Waals surface area contributed by atoms with Crippen molar-refractivity contribution in [1.82, 2.24) is 4.90 Å². The molecule has 0 atom stereocenters. The molecule has 0 radical (unpaired) electrons. The Morgan fingerprint density at radius 2 is 2.20 bits per heavy atom. The van der Waals surface area contributed by atoms with Gasteiger partial charge in [-0.1, -0.05) is 28.9 Å². The van der Waals surface area contributed by atoms with Crippen LogP contribution < -0.4 is 0 Å². The maximum atomic E-state index is 12.9. The molecule has 0 bridgehead atoms. The highest BCUT2D eigenvalue weighted by Gasteiger charge is 2.06. The fraction of sp³-hybridized carbons (Fsp3) is 0.455. The molecular weight excluding hydrogens is 280 g/mol. The summed E-state index contributed by atoms with van der Waals surface area (Å²) in [6.45, 7) is 4.67. The molecule has 0 aliphatic rings. The third-order valence-electron chi connectivity index (χ3n) is 2.26. The minimum atomic E-state index is -0.217. The van der Waals surface area contributed by atoms with Gasteiger partial charge in [0.05, 0.1) is 0 Å². The Labute approximate surface area is 103 Å². The molecule has 15 heavy (non-hydrogen) atoms. The number of benzene rings is 1. The number of halogens is 3. The molecule has 0 spiro atoms. The second-order valence-corrected chi connectivity index (χ2v) is 4.53. The SMILES string of the molecule is CCN(CCCl)Cc1ccc(F)cc1Br. The molecule has 0 aliphatic heterocycles. The van der Waals surface area contributed by atoms with Gasteiger partial charge in [0.25, 0.3) is 0 Å². The number of hydrogen-bond donors (Lipinski definition) is 0. The Morgan fingerprint density at radius 1 is 1.47 bits per heavy atom. The molecule has 0 saturated carbocycles. The fourth-order valence-corrected chi connectivity index (χ4v) is 2.07. The van der Waals surface area contributed by atoms with E-state index in [1.165, 1.54) is 12.1 Å². The highest BCUT2D eigenvalue weighted by atomic mass is 79.9. The van der Waals surface area contributed by atoms with Crippen LogP contribution in [0.2, 0.25) is 0 Å². The molecule has 0 aromatic heterocycles. The average Bonchev–Trinajstić information content (AvgIpc) is 2.21. The summed E-state index contributed by atoms with van der Waals surface area (Å²) in [6, 6.07) is 4.77. The Bertz CT molecular complexity index is 319. The second-order valence-electron chi connectivity index (χ2n) is 3.29. The molecule has 1 aromatic rings. The van der Waals surface area contributed by atoms with E-state index in [2.05, 4.69) is 27.8 Å². The highest BCUT2D eigenvalue weighted by molar-refractivity contribution is 9.10. The molecule has 0 heterocycles. The van der Waals surface area contributed by atoms with Gasteiger partial charge in [-0.2, -0.15) is 0 Å². The van der Waals surface area contributed by atoms with Crippen LogP contribution >= 0.6 is 27.5 Å². The molecular formula is C11H14BrClFN. The lowest BCUT2D eigenvalue weighted by Crippen LogP contribution is -2.25. The maximum absolute atomic E-state index is 12.9. The smallest absolute Gasteiger partial charge is 0.124 e. The van der Waals surface area contributed by atoms with E-state index >= 15 is 0 Å². The summed E-state index contributed by atoms with van der Waals surface area (Å²) in [5.74, 6) is 0.401. The van der Waals surface area contributed by atoms with Crippen molar-refractivity contribution in [2.45, 2.75) is 13.5 Å². The summed E-state index contributed by atoms with van der Waals surface area (Å²) >= 11 is 9.05. The van der Waals surface area contributed by atoms with Gasteiger partial charge in [0, 0.05) is 23.4 Å². The third kappa shape index (κ3) is 4.09. The highest BCUT2D eigenvalue weighted by Crippen LogP contribution is 2.19. The van der Waals surface area contributed by atoms with Gasteiger partial charge in [0.2, 0.25) is 0 Å². The van der Waals surface area contributed by atoms with Crippen molar-refractivity contribution in [3.05, 3.63) is 34.1 Å². The van der Waals surface area contributed by atoms with Crippen LogP contribution in [0.5, 0.6) is 0 Å². The van der Waals surface area contributed by atoms with Crippen LogP contribution in [0.4, 0.5) is 4.39 Å². The Balaban J connectivity index is 2.70. The largest absolute Gasteiger partial charge is 0.298 e. The van der Waals surface area contributed by atoms with Crippen molar-refractivity contribution in [2.24, 2.45) is 0 Å². The molecule has 0 aliphatic carbocycles. The van der Waals surface area contributed by atoms with E-state index in [9.17, 15) is 4.39 Å². The Morgan fingerprint density at radius 3 is 2.73 bits per heavy atom. The Hall–Kier alpha value is -0.120. The van der Waals surface area contributed by atoms with E-state index in [4.69, 9.17) is 11.6 Å². The number of nitrogens with zero attached hydrogens (tertiary/aromatic N) is 1. The van der Waals surface area contributed by atoms with E-state index < -0.39 is 0 Å². The first-order valence-electron chi connectivity index (χ1n) is 4.89. The molecule has 1 aromatic carbocycles. The van der Waals surface area contributed by atoms with Gasteiger partial charge < -0.3 is 0 Å². The number of rotatable bonds is 5. The van der Waals surface area contributed by atoms with Crippen LogP contribution in [0.25, 0.3) is 0 Å². The van der Waals surface area contributed by atoms with Gasteiger partial charge in [0.15, 0.2) is 0 Å². The predicted octanol–water partition coefficient (Wildman–Crippen LogP) is 3.65. The summed E-state index contributed by atoms with van der Waals surface area (Å²) in [4.78, 5) is 2.21. The number of alkyl halides is 1. The fourth-order valence-electron chi connectivity index (χ4n) is 1.36. The monoisotopic (exact) mass is 293 g/mol. The lowest BCUT2D eigenvalue weighted by Gasteiger charge is -2.19. The van der Waals surface area contributed by atoms with E-state index in [-0.39, 0.29) is 5.82 Å². The van der Waals surface area contributed by atoms with E-state index in [0.29, 0.717) is 5.88 Å². The van der Waals surface area contributed by atoms with Gasteiger partial charge in [0.1, 0.15) is 5.82 Å².